The van der Waals surface area contributed by atoms with Crippen LogP contribution in [0.4, 0.5) is 0 Å². The molecule has 1 N–H and O–H groups in total. The lowest BCUT2D eigenvalue weighted by Crippen LogP contribution is -2.32. The highest BCUT2D eigenvalue weighted by molar-refractivity contribution is 6.04. The van der Waals surface area contributed by atoms with Crippen molar-refractivity contribution in [2.24, 2.45) is 0 Å². The number of hydrogen-bond acceptors (Lipinski definition) is 2. The molecule has 2 radical (unpaired) electrons. The highest BCUT2D eigenvalue weighted by Gasteiger charge is 2.27. The largest absolute Gasteiger partial charge is 0.391 e. The van der Waals surface area contributed by atoms with E-state index in [0.717, 1.165) is 25.8 Å². The second-order valence-electron chi connectivity index (χ2n) is 4.01. The van der Waals surface area contributed by atoms with Gasteiger partial charge in [-0.15, -0.1) is 0 Å². The number of aliphatic hydroxyl groups is 1. The van der Waals surface area contributed by atoms with Gasteiger partial charge in [-0.1, -0.05) is 31.9 Å². The minimum absolute atomic E-state index is 0.132. The standard InChI is InChI=1S/C11H20BNO/c1-2-3-4-5-6-7-10-11(14)8-9-13(10)12/h5-6,10-11,14H,2-4,7-9H2,1H3/b6-5-. The molecule has 1 saturated heterocycles. The van der Waals surface area contributed by atoms with E-state index in [-0.39, 0.29) is 12.1 Å². The molecule has 1 aliphatic heterocycles. The Morgan fingerprint density at radius 1 is 1.50 bits per heavy atom. The van der Waals surface area contributed by atoms with Crippen LogP contribution in [0.15, 0.2) is 12.2 Å². The smallest absolute Gasteiger partial charge is 0.183 e. The van der Waals surface area contributed by atoms with Crippen molar-refractivity contribution in [1.29, 1.82) is 0 Å². The molecular formula is C11H20BNO. The fourth-order valence-electron chi connectivity index (χ4n) is 1.83. The van der Waals surface area contributed by atoms with Crippen molar-refractivity contribution in [2.75, 3.05) is 6.54 Å². The lowest BCUT2D eigenvalue weighted by Gasteiger charge is -2.20. The van der Waals surface area contributed by atoms with E-state index in [0.29, 0.717) is 0 Å². The average molecular weight is 193 g/mol. The topological polar surface area (TPSA) is 23.5 Å². The van der Waals surface area contributed by atoms with Gasteiger partial charge in [0.15, 0.2) is 7.98 Å². The molecule has 0 aromatic heterocycles. The zero-order chi connectivity index (χ0) is 10.4. The van der Waals surface area contributed by atoms with Crippen molar-refractivity contribution in [3.05, 3.63) is 12.2 Å². The number of nitrogens with zero attached hydrogens (tertiary/aromatic N) is 1. The number of rotatable bonds is 5. The third-order valence-electron chi connectivity index (χ3n) is 2.82. The quantitative estimate of drug-likeness (QED) is 0.407. The molecule has 0 aliphatic carbocycles. The highest BCUT2D eigenvalue weighted by atomic mass is 16.3. The third-order valence-corrected chi connectivity index (χ3v) is 2.82. The van der Waals surface area contributed by atoms with Gasteiger partial charge in [0.25, 0.3) is 0 Å². The summed E-state index contributed by atoms with van der Waals surface area (Å²) in [4.78, 5) is 1.76. The van der Waals surface area contributed by atoms with Gasteiger partial charge >= 0.3 is 0 Å². The Hall–Kier alpha value is -0.275. The van der Waals surface area contributed by atoms with E-state index in [2.05, 4.69) is 19.1 Å². The Labute approximate surface area is 88.4 Å². The van der Waals surface area contributed by atoms with Gasteiger partial charge in [-0.3, -0.25) is 0 Å². The molecule has 14 heavy (non-hydrogen) atoms. The van der Waals surface area contributed by atoms with E-state index in [1.54, 1.807) is 4.81 Å². The summed E-state index contributed by atoms with van der Waals surface area (Å²) in [6, 6.07) is 0.132. The molecule has 2 unspecified atom stereocenters. The Balaban J connectivity index is 2.19. The molecular weight excluding hydrogens is 173 g/mol. The number of hydrogen-bond donors (Lipinski definition) is 1. The predicted octanol–water partition coefficient (Wildman–Crippen LogP) is 1.64. The van der Waals surface area contributed by atoms with Gasteiger partial charge < -0.3 is 9.92 Å². The molecule has 2 atom stereocenters. The maximum Gasteiger partial charge on any atom is 0.183 e. The lowest BCUT2D eigenvalue weighted by molar-refractivity contribution is 0.144. The van der Waals surface area contributed by atoms with Crippen LogP contribution in [-0.4, -0.2) is 36.6 Å². The van der Waals surface area contributed by atoms with E-state index >= 15 is 0 Å². The number of allylic oxidation sites excluding steroid dienone is 1. The minimum Gasteiger partial charge on any atom is -0.391 e. The molecule has 0 amide bonds. The molecule has 78 valence electrons. The first-order valence-electron chi connectivity index (χ1n) is 5.60. The van der Waals surface area contributed by atoms with Crippen molar-refractivity contribution < 1.29 is 5.11 Å². The maximum atomic E-state index is 9.61. The van der Waals surface area contributed by atoms with E-state index in [1.165, 1.54) is 12.8 Å². The minimum atomic E-state index is -0.240. The molecule has 0 spiro atoms. The monoisotopic (exact) mass is 193 g/mol. The van der Waals surface area contributed by atoms with Gasteiger partial charge in [0.2, 0.25) is 0 Å². The van der Waals surface area contributed by atoms with Crippen LogP contribution in [0.25, 0.3) is 0 Å². The van der Waals surface area contributed by atoms with Crippen LogP contribution in [0.2, 0.25) is 0 Å². The van der Waals surface area contributed by atoms with E-state index in [4.69, 9.17) is 7.98 Å². The van der Waals surface area contributed by atoms with Crippen molar-refractivity contribution in [2.45, 2.75) is 51.2 Å². The lowest BCUT2D eigenvalue weighted by atomic mass is 10.1. The molecule has 2 nitrogen and oxygen atoms in total. The van der Waals surface area contributed by atoms with Crippen LogP contribution in [-0.2, 0) is 0 Å². The van der Waals surface area contributed by atoms with Gasteiger partial charge in [-0.05, 0) is 25.8 Å². The SMILES string of the molecule is [B]N1CCC(O)C1C/C=C\CCCC. The molecule has 0 saturated carbocycles. The molecule has 1 rings (SSSR count). The molecule has 3 heteroatoms. The zero-order valence-corrected chi connectivity index (χ0v) is 9.02. The first kappa shape index (κ1) is 11.8. The Morgan fingerprint density at radius 2 is 2.29 bits per heavy atom. The van der Waals surface area contributed by atoms with Gasteiger partial charge in [-0.25, -0.2) is 0 Å². The Morgan fingerprint density at radius 3 is 2.86 bits per heavy atom. The molecule has 0 aromatic carbocycles. The number of aliphatic hydroxyl groups excluding tert-OH is 1. The van der Waals surface area contributed by atoms with Crippen LogP contribution in [0, 0.1) is 0 Å². The van der Waals surface area contributed by atoms with Crippen LogP contribution in [0.3, 0.4) is 0 Å². The second kappa shape index (κ2) is 6.25. The van der Waals surface area contributed by atoms with E-state index in [9.17, 15) is 5.11 Å². The molecule has 0 bridgehead atoms. The van der Waals surface area contributed by atoms with E-state index < -0.39 is 0 Å². The summed E-state index contributed by atoms with van der Waals surface area (Å²) in [5.41, 5.74) is 0. The van der Waals surface area contributed by atoms with Crippen molar-refractivity contribution in [3.63, 3.8) is 0 Å². The Bertz CT molecular complexity index is 174. The second-order valence-corrected chi connectivity index (χ2v) is 4.01. The number of unbranched alkanes of at least 4 members (excludes halogenated alkanes) is 2. The first-order valence-corrected chi connectivity index (χ1v) is 5.60. The average Bonchev–Trinajstić information content (AvgIpc) is 2.48. The molecule has 1 fully saturated rings. The fourth-order valence-corrected chi connectivity index (χ4v) is 1.83. The summed E-state index contributed by atoms with van der Waals surface area (Å²) in [5.74, 6) is 0. The van der Waals surface area contributed by atoms with Gasteiger partial charge in [-0.2, -0.15) is 0 Å². The highest BCUT2D eigenvalue weighted by Crippen LogP contribution is 2.18. The van der Waals surface area contributed by atoms with Crippen LogP contribution < -0.4 is 0 Å². The van der Waals surface area contributed by atoms with Crippen molar-refractivity contribution in [1.82, 2.24) is 4.81 Å². The summed E-state index contributed by atoms with van der Waals surface area (Å²) < 4.78 is 0. The van der Waals surface area contributed by atoms with Crippen LogP contribution in [0.1, 0.15) is 39.0 Å². The third kappa shape index (κ3) is 3.47. The normalized spacial score (nSPS) is 29.0. The zero-order valence-electron chi connectivity index (χ0n) is 9.02. The summed E-state index contributed by atoms with van der Waals surface area (Å²) in [7, 11) is 5.75. The predicted molar refractivity (Wildman–Crippen MR) is 60.2 cm³/mol. The van der Waals surface area contributed by atoms with Gasteiger partial charge in [0, 0.05) is 6.04 Å². The summed E-state index contributed by atoms with van der Waals surface area (Å²) >= 11 is 0. The van der Waals surface area contributed by atoms with Crippen molar-refractivity contribution in [3.8, 4) is 0 Å². The summed E-state index contributed by atoms with van der Waals surface area (Å²) in [5, 5.41) is 9.61. The summed E-state index contributed by atoms with van der Waals surface area (Å²) in [6.07, 6.45) is 9.41. The Kier molecular flexibility index (Phi) is 5.27. The van der Waals surface area contributed by atoms with Crippen LogP contribution >= 0.6 is 0 Å². The molecule has 0 aromatic rings. The first-order chi connectivity index (χ1) is 6.75. The fraction of sp³-hybridized carbons (Fsp3) is 0.818. The van der Waals surface area contributed by atoms with Crippen molar-refractivity contribution >= 4 is 7.98 Å². The van der Waals surface area contributed by atoms with Crippen LogP contribution in [0.5, 0.6) is 0 Å². The van der Waals surface area contributed by atoms with Gasteiger partial charge in [0.1, 0.15) is 0 Å². The maximum absolute atomic E-state index is 9.61. The van der Waals surface area contributed by atoms with Gasteiger partial charge in [0.05, 0.1) is 6.10 Å². The molecule has 1 aliphatic rings. The molecule has 1 heterocycles. The summed E-state index contributed by atoms with van der Waals surface area (Å²) in [6.45, 7) is 3.00. The van der Waals surface area contributed by atoms with E-state index in [1.807, 2.05) is 0 Å².